The van der Waals surface area contributed by atoms with Crippen molar-refractivity contribution < 1.29 is 4.74 Å². The van der Waals surface area contributed by atoms with E-state index in [1.807, 2.05) is 12.1 Å². The maximum Gasteiger partial charge on any atom is 0.124 e. The Balaban J connectivity index is 2.24. The normalized spacial score (nSPS) is 18.7. The summed E-state index contributed by atoms with van der Waals surface area (Å²) < 4.78 is 6.43. The molecule has 0 bridgehead atoms. The van der Waals surface area contributed by atoms with Gasteiger partial charge < -0.3 is 10.5 Å². The average Bonchev–Trinajstić information content (AvgIpc) is 2.81. The molecule has 1 aromatic carbocycles. The first-order chi connectivity index (χ1) is 7.72. The lowest BCUT2D eigenvalue weighted by Crippen LogP contribution is -2.19. The van der Waals surface area contributed by atoms with E-state index in [-0.39, 0.29) is 6.04 Å². The predicted octanol–water partition coefficient (Wildman–Crippen LogP) is 3.65. The first-order valence-electron chi connectivity index (χ1n) is 5.81. The van der Waals surface area contributed by atoms with Crippen LogP contribution < -0.4 is 10.5 Å². The number of ether oxygens (including phenoxy) is 1. The van der Waals surface area contributed by atoms with Crippen LogP contribution in [0.15, 0.2) is 22.7 Å². The lowest BCUT2D eigenvalue weighted by atomic mass is 9.92. The van der Waals surface area contributed by atoms with Crippen LogP contribution in [-0.4, -0.2) is 7.11 Å². The van der Waals surface area contributed by atoms with E-state index in [9.17, 15) is 0 Å². The minimum Gasteiger partial charge on any atom is -0.496 e. The summed E-state index contributed by atoms with van der Waals surface area (Å²) >= 11 is 3.45. The number of nitrogens with two attached hydrogens (primary N) is 1. The maximum absolute atomic E-state index is 6.33. The Kier molecular flexibility index (Phi) is 3.87. The number of halogens is 1. The van der Waals surface area contributed by atoms with Gasteiger partial charge in [-0.25, -0.2) is 0 Å². The molecule has 1 aliphatic carbocycles. The summed E-state index contributed by atoms with van der Waals surface area (Å²) in [5, 5.41) is 0. The van der Waals surface area contributed by atoms with Gasteiger partial charge in [0.05, 0.1) is 7.11 Å². The highest BCUT2D eigenvalue weighted by atomic mass is 79.9. The molecule has 0 saturated heterocycles. The van der Waals surface area contributed by atoms with Crippen molar-refractivity contribution in [2.75, 3.05) is 7.11 Å². The van der Waals surface area contributed by atoms with Crippen LogP contribution in [0.2, 0.25) is 0 Å². The molecule has 1 fully saturated rings. The first-order valence-corrected chi connectivity index (χ1v) is 6.60. The van der Waals surface area contributed by atoms with Crippen LogP contribution in [0.25, 0.3) is 0 Å². The molecule has 0 heterocycles. The van der Waals surface area contributed by atoms with Gasteiger partial charge in [-0.15, -0.1) is 0 Å². The molecule has 2 nitrogen and oxygen atoms in total. The molecular formula is C13H18BrNO. The minimum atomic E-state index is 0.116. The zero-order valence-corrected chi connectivity index (χ0v) is 11.2. The van der Waals surface area contributed by atoms with Gasteiger partial charge in [-0.2, -0.15) is 0 Å². The summed E-state index contributed by atoms with van der Waals surface area (Å²) in [4.78, 5) is 0. The monoisotopic (exact) mass is 283 g/mol. The van der Waals surface area contributed by atoms with Crippen LogP contribution in [0.4, 0.5) is 0 Å². The van der Waals surface area contributed by atoms with E-state index in [4.69, 9.17) is 10.5 Å². The van der Waals surface area contributed by atoms with Gasteiger partial charge in [0.2, 0.25) is 0 Å². The van der Waals surface area contributed by atoms with E-state index in [0.29, 0.717) is 5.92 Å². The number of hydrogen-bond acceptors (Lipinski definition) is 2. The van der Waals surface area contributed by atoms with Gasteiger partial charge in [0.15, 0.2) is 0 Å². The third-order valence-electron chi connectivity index (χ3n) is 3.46. The number of rotatable bonds is 3. The average molecular weight is 284 g/mol. The Morgan fingerprint density at radius 2 is 2.06 bits per heavy atom. The van der Waals surface area contributed by atoms with E-state index in [1.165, 1.54) is 25.7 Å². The Labute approximate surface area is 105 Å². The van der Waals surface area contributed by atoms with Crippen molar-refractivity contribution in [3.8, 4) is 5.75 Å². The topological polar surface area (TPSA) is 35.2 Å². The summed E-state index contributed by atoms with van der Waals surface area (Å²) in [6, 6.07) is 6.22. The molecule has 1 atom stereocenters. The van der Waals surface area contributed by atoms with E-state index >= 15 is 0 Å². The molecule has 16 heavy (non-hydrogen) atoms. The van der Waals surface area contributed by atoms with Gasteiger partial charge >= 0.3 is 0 Å². The van der Waals surface area contributed by atoms with Gasteiger partial charge in [-0.3, -0.25) is 0 Å². The molecule has 0 radical (unpaired) electrons. The van der Waals surface area contributed by atoms with Gasteiger partial charge in [0, 0.05) is 16.1 Å². The van der Waals surface area contributed by atoms with E-state index in [1.54, 1.807) is 7.11 Å². The van der Waals surface area contributed by atoms with Crippen LogP contribution in [-0.2, 0) is 0 Å². The highest BCUT2D eigenvalue weighted by Gasteiger charge is 2.25. The molecule has 1 aromatic rings. The lowest BCUT2D eigenvalue weighted by Gasteiger charge is -2.21. The fourth-order valence-electron chi connectivity index (χ4n) is 2.53. The summed E-state index contributed by atoms with van der Waals surface area (Å²) in [5.41, 5.74) is 7.47. The van der Waals surface area contributed by atoms with E-state index < -0.39 is 0 Å². The Morgan fingerprint density at radius 1 is 1.38 bits per heavy atom. The molecule has 3 heteroatoms. The third kappa shape index (κ3) is 2.41. The Morgan fingerprint density at radius 3 is 2.69 bits per heavy atom. The van der Waals surface area contributed by atoms with Gasteiger partial charge in [-0.1, -0.05) is 34.8 Å². The molecular weight excluding hydrogens is 266 g/mol. The fraction of sp³-hybridized carbons (Fsp3) is 0.538. The van der Waals surface area contributed by atoms with Crippen LogP contribution in [0, 0.1) is 5.92 Å². The molecule has 88 valence electrons. The standard InChI is InChI=1S/C13H18BrNO/c1-16-12-8-10(14)6-7-11(12)13(15)9-4-2-3-5-9/h6-9,13H,2-5,15H2,1H3. The van der Waals surface area contributed by atoms with Crippen LogP contribution in [0.3, 0.4) is 0 Å². The Bertz CT molecular complexity index is 361. The quantitative estimate of drug-likeness (QED) is 0.919. The molecule has 2 rings (SSSR count). The second-order valence-corrected chi connectivity index (χ2v) is 5.37. The van der Waals surface area contributed by atoms with Crippen molar-refractivity contribution in [3.63, 3.8) is 0 Å². The van der Waals surface area contributed by atoms with Crippen molar-refractivity contribution in [1.82, 2.24) is 0 Å². The van der Waals surface area contributed by atoms with Crippen LogP contribution >= 0.6 is 15.9 Å². The summed E-state index contributed by atoms with van der Waals surface area (Å²) in [7, 11) is 1.70. The van der Waals surface area contributed by atoms with Gasteiger partial charge in [0.1, 0.15) is 5.75 Å². The fourth-order valence-corrected chi connectivity index (χ4v) is 2.87. The number of benzene rings is 1. The molecule has 2 N–H and O–H groups in total. The summed E-state index contributed by atoms with van der Waals surface area (Å²) in [6.45, 7) is 0. The van der Waals surface area contributed by atoms with Crippen molar-refractivity contribution in [3.05, 3.63) is 28.2 Å². The van der Waals surface area contributed by atoms with Crippen LogP contribution in [0.5, 0.6) is 5.75 Å². The molecule has 0 aliphatic heterocycles. The van der Waals surface area contributed by atoms with Crippen LogP contribution in [0.1, 0.15) is 37.3 Å². The maximum atomic E-state index is 6.33. The zero-order chi connectivity index (χ0) is 11.5. The van der Waals surface area contributed by atoms with Crippen molar-refractivity contribution in [2.24, 2.45) is 11.7 Å². The lowest BCUT2D eigenvalue weighted by molar-refractivity contribution is 0.385. The predicted molar refractivity (Wildman–Crippen MR) is 69.6 cm³/mol. The second kappa shape index (κ2) is 5.19. The molecule has 1 unspecified atom stereocenters. The molecule has 1 aliphatic rings. The van der Waals surface area contributed by atoms with Crippen molar-refractivity contribution >= 4 is 15.9 Å². The molecule has 0 aromatic heterocycles. The largest absolute Gasteiger partial charge is 0.496 e. The number of hydrogen-bond donors (Lipinski definition) is 1. The first kappa shape index (κ1) is 11.9. The molecule has 0 spiro atoms. The SMILES string of the molecule is COc1cc(Br)ccc1C(N)C1CCCC1. The Hall–Kier alpha value is -0.540. The minimum absolute atomic E-state index is 0.116. The van der Waals surface area contributed by atoms with Crippen molar-refractivity contribution in [1.29, 1.82) is 0 Å². The highest BCUT2D eigenvalue weighted by Crippen LogP contribution is 2.38. The van der Waals surface area contributed by atoms with E-state index in [0.717, 1.165) is 15.8 Å². The van der Waals surface area contributed by atoms with Crippen molar-refractivity contribution in [2.45, 2.75) is 31.7 Å². The second-order valence-electron chi connectivity index (χ2n) is 4.46. The van der Waals surface area contributed by atoms with Gasteiger partial charge in [-0.05, 0) is 30.9 Å². The zero-order valence-electron chi connectivity index (χ0n) is 9.58. The molecule has 1 saturated carbocycles. The molecule has 0 amide bonds. The summed E-state index contributed by atoms with van der Waals surface area (Å²) in [5.74, 6) is 1.52. The highest BCUT2D eigenvalue weighted by molar-refractivity contribution is 9.10. The van der Waals surface area contributed by atoms with Gasteiger partial charge in [0.25, 0.3) is 0 Å². The smallest absolute Gasteiger partial charge is 0.124 e. The summed E-state index contributed by atoms with van der Waals surface area (Å²) in [6.07, 6.45) is 5.13. The van der Waals surface area contributed by atoms with E-state index in [2.05, 4.69) is 22.0 Å². The third-order valence-corrected chi connectivity index (χ3v) is 3.96. The number of methoxy groups -OCH3 is 1.